The molecule has 1 aliphatic heterocycles. The van der Waals surface area contributed by atoms with Gasteiger partial charge in [-0.1, -0.05) is 0 Å². The molecule has 1 aromatic heterocycles. The van der Waals surface area contributed by atoms with E-state index in [0.717, 1.165) is 11.0 Å². The second kappa shape index (κ2) is 4.90. The first-order chi connectivity index (χ1) is 9.53. The van der Waals surface area contributed by atoms with Gasteiger partial charge < -0.3 is 10.3 Å². The van der Waals surface area contributed by atoms with Crippen molar-refractivity contribution >= 4 is 26.8 Å². The maximum atomic E-state index is 12.1. The van der Waals surface area contributed by atoms with E-state index in [-0.39, 0.29) is 23.5 Å². The number of amides is 1. The van der Waals surface area contributed by atoms with Gasteiger partial charge in [0.2, 0.25) is 0 Å². The molecule has 2 heterocycles. The van der Waals surface area contributed by atoms with Crippen LogP contribution < -0.4 is 5.32 Å². The van der Waals surface area contributed by atoms with Crippen LogP contribution >= 0.6 is 0 Å². The predicted molar refractivity (Wildman–Crippen MR) is 75.2 cm³/mol. The van der Waals surface area contributed by atoms with Crippen molar-refractivity contribution in [3.63, 3.8) is 0 Å². The summed E-state index contributed by atoms with van der Waals surface area (Å²) in [5, 5.41) is 2.89. The largest absolute Gasteiger partial charge is 0.349 e. The van der Waals surface area contributed by atoms with Crippen LogP contribution in [0.5, 0.6) is 0 Å². The Balaban J connectivity index is 1.70. The molecule has 0 spiro atoms. The van der Waals surface area contributed by atoms with Crippen molar-refractivity contribution in [3.8, 4) is 0 Å². The molecule has 0 unspecified atom stereocenters. The number of benzene rings is 1. The highest BCUT2D eigenvalue weighted by Gasteiger charge is 2.24. The van der Waals surface area contributed by atoms with Gasteiger partial charge in [-0.05, 0) is 31.0 Å². The first kappa shape index (κ1) is 13.1. The Bertz CT molecular complexity index is 737. The maximum absolute atomic E-state index is 12.1. The summed E-state index contributed by atoms with van der Waals surface area (Å²) in [6, 6.07) is 5.19. The Morgan fingerprint density at radius 2 is 2.05 bits per heavy atom. The SMILES string of the molecule is O=C(NC1CCS(=O)(=O)CC1)c1ccc2nc[nH]c2c1. The normalized spacial score (nSPS) is 19.0. The molecule has 2 aromatic rings. The number of fused-ring (bicyclic) bond motifs is 1. The number of rotatable bonds is 2. The van der Waals surface area contributed by atoms with E-state index in [1.165, 1.54) is 0 Å². The third-order valence-electron chi connectivity index (χ3n) is 3.57. The Morgan fingerprint density at radius 3 is 2.80 bits per heavy atom. The summed E-state index contributed by atoms with van der Waals surface area (Å²) in [6.07, 6.45) is 2.55. The second-order valence-electron chi connectivity index (χ2n) is 5.03. The topological polar surface area (TPSA) is 91.9 Å². The van der Waals surface area contributed by atoms with Gasteiger partial charge in [0.1, 0.15) is 9.84 Å². The monoisotopic (exact) mass is 293 g/mol. The molecule has 7 heteroatoms. The molecule has 1 aliphatic rings. The molecule has 1 saturated heterocycles. The van der Waals surface area contributed by atoms with Crippen LogP contribution in [0, 0.1) is 0 Å². The average molecular weight is 293 g/mol. The van der Waals surface area contributed by atoms with E-state index >= 15 is 0 Å². The number of hydrogen-bond acceptors (Lipinski definition) is 4. The quantitative estimate of drug-likeness (QED) is 0.859. The fraction of sp³-hybridized carbons (Fsp3) is 0.385. The first-order valence-corrected chi connectivity index (χ1v) is 8.30. The van der Waals surface area contributed by atoms with E-state index in [1.54, 1.807) is 24.5 Å². The molecule has 0 saturated carbocycles. The van der Waals surface area contributed by atoms with Gasteiger partial charge in [0.25, 0.3) is 5.91 Å². The number of nitrogens with zero attached hydrogens (tertiary/aromatic N) is 1. The molecule has 0 bridgehead atoms. The number of carbonyl (C=O) groups is 1. The molecule has 0 atom stereocenters. The van der Waals surface area contributed by atoms with Crippen molar-refractivity contribution in [2.75, 3.05) is 11.5 Å². The Labute approximate surface area is 116 Å². The zero-order chi connectivity index (χ0) is 14.2. The minimum absolute atomic E-state index is 0.0662. The number of nitrogens with one attached hydrogen (secondary N) is 2. The fourth-order valence-corrected chi connectivity index (χ4v) is 3.87. The lowest BCUT2D eigenvalue weighted by atomic mass is 10.1. The first-order valence-electron chi connectivity index (χ1n) is 6.48. The fourth-order valence-electron chi connectivity index (χ4n) is 2.38. The van der Waals surface area contributed by atoms with Gasteiger partial charge in [-0.3, -0.25) is 4.79 Å². The zero-order valence-electron chi connectivity index (χ0n) is 10.8. The molecular formula is C13H15N3O3S. The minimum Gasteiger partial charge on any atom is -0.349 e. The third-order valence-corrected chi connectivity index (χ3v) is 5.29. The summed E-state index contributed by atoms with van der Waals surface area (Å²) in [6.45, 7) is 0. The highest BCUT2D eigenvalue weighted by Crippen LogP contribution is 2.15. The Morgan fingerprint density at radius 1 is 1.30 bits per heavy atom. The van der Waals surface area contributed by atoms with Gasteiger partial charge in [0.15, 0.2) is 0 Å². The Hall–Kier alpha value is -1.89. The number of hydrogen-bond donors (Lipinski definition) is 2. The summed E-state index contributed by atoms with van der Waals surface area (Å²) in [4.78, 5) is 19.2. The van der Waals surface area contributed by atoms with Crippen LogP contribution in [0.2, 0.25) is 0 Å². The van der Waals surface area contributed by atoms with Crippen LogP contribution in [0.25, 0.3) is 11.0 Å². The van der Waals surface area contributed by atoms with E-state index in [1.807, 2.05) is 0 Å². The minimum atomic E-state index is -2.90. The van der Waals surface area contributed by atoms with Crippen LogP contribution in [0.3, 0.4) is 0 Å². The lowest BCUT2D eigenvalue weighted by Gasteiger charge is -2.23. The molecule has 1 fully saturated rings. The van der Waals surface area contributed by atoms with Gasteiger partial charge in [0, 0.05) is 11.6 Å². The van der Waals surface area contributed by atoms with Gasteiger partial charge in [-0.15, -0.1) is 0 Å². The summed E-state index contributed by atoms with van der Waals surface area (Å²) in [7, 11) is -2.90. The standard InChI is InChI=1S/C13H15N3O3S/c17-13(16-10-3-5-20(18,19)6-4-10)9-1-2-11-12(7-9)15-8-14-11/h1-2,7-8,10H,3-6H2,(H,14,15)(H,16,17). The van der Waals surface area contributed by atoms with Gasteiger partial charge >= 0.3 is 0 Å². The zero-order valence-corrected chi connectivity index (χ0v) is 11.6. The number of imidazole rings is 1. The third kappa shape index (κ3) is 2.67. The molecule has 3 rings (SSSR count). The summed E-state index contributed by atoms with van der Waals surface area (Å²) in [5.41, 5.74) is 2.17. The number of sulfone groups is 1. The van der Waals surface area contributed by atoms with Gasteiger partial charge in [0.05, 0.1) is 28.9 Å². The van der Waals surface area contributed by atoms with E-state index < -0.39 is 9.84 Å². The van der Waals surface area contributed by atoms with E-state index in [0.29, 0.717) is 18.4 Å². The second-order valence-corrected chi connectivity index (χ2v) is 7.34. The van der Waals surface area contributed by atoms with E-state index in [2.05, 4.69) is 15.3 Å². The molecule has 2 N–H and O–H groups in total. The number of aromatic amines is 1. The van der Waals surface area contributed by atoms with Crippen LogP contribution in [0.1, 0.15) is 23.2 Å². The van der Waals surface area contributed by atoms with Gasteiger partial charge in [-0.2, -0.15) is 0 Å². The molecule has 6 nitrogen and oxygen atoms in total. The molecule has 1 aromatic carbocycles. The van der Waals surface area contributed by atoms with Crippen LogP contribution in [-0.4, -0.2) is 41.8 Å². The highest BCUT2D eigenvalue weighted by molar-refractivity contribution is 7.91. The highest BCUT2D eigenvalue weighted by atomic mass is 32.2. The smallest absolute Gasteiger partial charge is 0.251 e. The molecular weight excluding hydrogens is 278 g/mol. The van der Waals surface area contributed by atoms with Gasteiger partial charge in [-0.25, -0.2) is 13.4 Å². The lowest BCUT2D eigenvalue weighted by Crippen LogP contribution is -2.40. The van der Waals surface area contributed by atoms with Crippen LogP contribution in [-0.2, 0) is 9.84 Å². The van der Waals surface area contributed by atoms with E-state index in [9.17, 15) is 13.2 Å². The average Bonchev–Trinajstić information content (AvgIpc) is 2.88. The maximum Gasteiger partial charge on any atom is 0.251 e. The van der Waals surface area contributed by atoms with Crippen molar-refractivity contribution in [1.82, 2.24) is 15.3 Å². The Kier molecular flexibility index (Phi) is 3.21. The van der Waals surface area contributed by atoms with Crippen LogP contribution in [0.4, 0.5) is 0 Å². The molecule has 1 amide bonds. The van der Waals surface area contributed by atoms with Crippen molar-refractivity contribution < 1.29 is 13.2 Å². The molecule has 106 valence electrons. The van der Waals surface area contributed by atoms with Crippen molar-refractivity contribution in [1.29, 1.82) is 0 Å². The number of H-pyrrole nitrogens is 1. The molecule has 0 aliphatic carbocycles. The summed E-state index contributed by atoms with van der Waals surface area (Å²) < 4.78 is 22.7. The van der Waals surface area contributed by atoms with Crippen molar-refractivity contribution in [2.45, 2.75) is 18.9 Å². The van der Waals surface area contributed by atoms with Crippen molar-refractivity contribution in [2.24, 2.45) is 0 Å². The summed E-state index contributed by atoms with van der Waals surface area (Å²) in [5.74, 6) is 0.125. The molecule has 0 radical (unpaired) electrons. The van der Waals surface area contributed by atoms with E-state index in [4.69, 9.17) is 0 Å². The van der Waals surface area contributed by atoms with Crippen molar-refractivity contribution in [3.05, 3.63) is 30.1 Å². The lowest BCUT2D eigenvalue weighted by molar-refractivity contribution is 0.0934. The van der Waals surface area contributed by atoms with Crippen LogP contribution in [0.15, 0.2) is 24.5 Å². The molecule has 20 heavy (non-hydrogen) atoms. The predicted octanol–water partition coefficient (Wildman–Crippen LogP) is 0.870. The number of carbonyl (C=O) groups excluding carboxylic acids is 1. The number of aromatic nitrogens is 2. The summed E-state index contributed by atoms with van der Waals surface area (Å²) >= 11 is 0.